The number of benzene rings is 3. The van der Waals surface area contributed by atoms with Gasteiger partial charge in [0, 0.05) is 39.9 Å². The van der Waals surface area contributed by atoms with Crippen molar-refractivity contribution in [1.29, 1.82) is 0 Å². The first-order valence-corrected chi connectivity index (χ1v) is 18.0. The van der Waals surface area contributed by atoms with Crippen molar-refractivity contribution in [1.82, 2.24) is 9.97 Å². The molecule has 1 radical (unpaired) electrons. The van der Waals surface area contributed by atoms with Gasteiger partial charge in [0.2, 0.25) is 0 Å². The summed E-state index contributed by atoms with van der Waals surface area (Å²) in [6.45, 7) is 12.9. The Balaban J connectivity index is 0.000000215. The largest absolute Gasteiger partial charge is 0.305 e. The summed E-state index contributed by atoms with van der Waals surface area (Å²) in [6, 6.07) is 32.9. The van der Waals surface area contributed by atoms with Crippen molar-refractivity contribution in [3.05, 3.63) is 115 Å². The average molecular weight is 751 g/mol. The molecule has 0 atom stereocenters. The van der Waals surface area contributed by atoms with Gasteiger partial charge in [-0.2, -0.15) is 11.3 Å². The zero-order valence-electron chi connectivity index (χ0n) is 26.4. The number of hydrogen-bond donors (Lipinski definition) is 0. The monoisotopic (exact) mass is 751 g/mol. The van der Waals surface area contributed by atoms with E-state index in [1.165, 1.54) is 26.2 Å². The van der Waals surface area contributed by atoms with Crippen LogP contribution in [-0.4, -0.2) is 18.0 Å². The first-order valence-electron chi connectivity index (χ1n) is 14.7. The topological polar surface area (TPSA) is 25.8 Å². The van der Waals surface area contributed by atoms with Gasteiger partial charge in [-0.05, 0) is 57.5 Å². The maximum atomic E-state index is 8.39. The molecule has 3 heterocycles. The standard InChI is InChI=1S/C22H20NS.C14H16NSi.Ir/c1-14(2)12-16-10-11-23-20(13-16)19-9-5-8-18-17-7-4-6-15(3)21(17)24-22(18)19;1-16(2,3)13-9-10-14(15-11-13)12-7-5-4-6-8-12;/h4-8,10-11,13-14H,12H2,1-3H3;4-7,9-11H,1-3H3;/q2*-1;/i12D2;;. The summed E-state index contributed by atoms with van der Waals surface area (Å²) in [5.41, 5.74) is 5.73. The van der Waals surface area contributed by atoms with Gasteiger partial charge in [-0.3, -0.25) is 0 Å². The molecule has 5 heteroatoms. The third-order valence-corrected chi connectivity index (χ3v) is 10.1. The Labute approximate surface area is 266 Å². The van der Waals surface area contributed by atoms with Crippen LogP contribution in [0.15, 0.2) is 91.3 Å². The molecule has 0 saturated heterocycles. The van der Waals surface area contributed by atoms with E-state index < -0.39 is 14.4 Å². The number of aryl methyl sites for hydroxylation is 1. The normalized spacial score (nSPS) is 12.4. The van der Waals surface area contributed by atoms with Crippen LogP contribution in [0.2, 0.25) is 19.6 Å². The first-order chi connectivity index (χ1) is 20.0. The van der Waals surface area contributed by atoms with Gasteiger partial charge in [0.1, 0.15) is 0 Å². The Morgan fingerprint density at radius 1 is 0.854 bits per heavy atom. The zero-order valence-corrected chi connectivity index (χ0v) is 28.6. The van der Waals surface area contributed by atoms with E-state index in [1.54, 1.807) is 23.6 Å². The van der Waals surface area contributed by atoms with E-state index in [0.717, 1.165) is 27.2 Å². The molecule has 3 aromatic carbocycles. The van der Waals surface area contributed by atoms with Gasteiger partial charge in [-0.1, -0.05) is 80.8 Å². The number of aromatic nitrogens is 2. The molecule has 0 bridgehead atoms. The molecule has 6 aromatic rings. The van der Waals surface area contributed by atoms with Crippen LogP contribution < -0.4 is 5.19 Å². The molecular weight excluding hydrogens is 713 g/mol. The maximum Gasteiger partial charge on any atom is 0.0795 e. The van der Waals surface area contributed by atoms with Gasteiger partial charge in [0.25, 0.3) is 0 Å². The average Bonchev–Trinajstić information content (AvgIpc) is 3.38. The van der Waals surface area contributed by atoms with Crippen LogP contribution in [-0.2, 0) is 26.5 Å². The van der Waals surface area contributed by atoms with Crippen LogP contribution in [0.3, 0.4) is 0 Å². The summed E-state index contributed by atoms with van der Waals surface area (Å²) in [5.74, 6) is -0.107. The molecule has 2 nitrogen and oxygen atoms in total. The van der Waals surface area contributed by atoms with Crippen molar-refractivity contribution in [2.45, 2.75) is 46.8 Å². The maximum absolute atomic E-state index is 8.39. The third-order valence-electron chi connectivity index (χ3n) is 6.74. The van der Waals surface area contributed by atoms with Crippen LogP contribution >= 0.6 is 11.3 Å². The minimum Gasteiger partial charge on any atom is -0.305 e. The van der Waals surface area contributed by atoms with Gasteiger partial charge in [-0.25, -0.2) is 0 Å². The smallest absolute Gasteiger partial charge is 0.0795 e. The van der Waals surface area contributed by atoms with Crippen LogP contribution in [0.25, 0.3) is 42.7 Å². The van der Waals surface area contributed by atoms with Crippen molar-refractivity contribution < 1.29 is 22.8 Å². The van der Waals surface area contributed by atoms with Crippen LogP contribution in [0.4, 0.5) is 0 Å². The molecule has 0 aliphatic rings. The molecule has 0 saturated carbocycles. The van der Waals surface area contributed by atoms with E-state index >= 15 is 0 Å². The van der Waals surface area contributed by atoms with Crippen LogP contribution in [0, 0.1) is 25.0 Å². The van der Waals surface area contributed by atoms with E-state index in [1.807, 2.05) is 56.4 Å². The Morgan fingerprint density at radius 3 is 2.34 bits per heavy atom. The number of fused-ring (bicyclic) bond motifs is 3. The fourth-order valence-corrected chi connectivity index (χ4v) is 6.94. The van der Waals surface area contributed by atoms with Crippen molar-refractivity contribution >= 4 is 44.8 Å². The van der Waals surface area contributed by atoms with Gasteiger partial charge in [0.15, 0.2) is 0 Å². The predicted octanol–water partition coefficient (Wildman–Crippen LogP) is 9.52. The third kappa shape index (κ3) is 7.28. The summed E-state index contributed by atoms with van der Waals surface area (Å²) in [5, 5.41) is 3.86. The quantitative estimate of drug-likeness (QED) is 0.130. The molecule has 41 heavy (non-hydrogen) atoms. The number of pyridine rings is 2. The summed E-state index contributed by atoms with van der Waals surface area (Å²) >= 11 is 1.76. The summed E-state index contributed by atoms with van der Waals surface area (Å²) in [6.07, 6.45) is 2.33. The molecule has 3 aromatic heterocycles. The number of rotatable bonds is 5. The molecule has 0 aliphatic heterocycles. The molecule has 0 unspecified atom stereocenters. The Kier molecular flexibility index (Phi) is 9.18. The van der Waals surface area contributed by atoms with Crippen molar-refractivity contribution in [2.75, 3.05) is 0 Å². The Bertz CT molecular complexity index is 1830. The fourth-order valence-electron chi connectivity index (χ4n) is 4.63. The SMILES string of the molecule is C[Si](C)(C)c1ccc(-c2[c-]cccc2)nc1.[2H]C([2H])(c1ccnc(-c2[c-]ccc3c2sc2c(C)cccc23)c1)C(C)C.[Ir]. The molecule has 0 amide bonds. The molecule has 211 valence electrons. The number of thiophene rings is 1. The van der Waals surface area contributed by atoms with Gasteiger partial charge in [-0.15, -0.1) is 59.7 Å². The fraction of sp³-hybridized carbons (Fsp3) is 0.222. The van der Waals surface area contributed by atoms with Gasteiger partial charge < -0.3 is 9.97 Å². The van der Waals surface area contributed by atoms with E-state index in [2.05, 4.69) is 85.1 Å². The second-order valence-electron chi connectivity index (χ2n) is 11.3. The van der Waals surface area contributed by atoms with Crippen molar-refractivity contribution in [2.24, 2.45) is 5.92 Å². The van der Waals surface area contributed by atoms with E-state index in [4.69, 9.17) is 2.74 Å². The second kappa shape index (κ2) is 13.4. The Hall–Kier alpha value is -2.95. The number of hydrogen-bond acceptors (Lipinski definition) is 3. The number of nitrogens with zero attached hydrogens (tertiary/aromatic N) is 2. The summed E-state index contributed by atoms with van der Waals surface area (Å²) < 4.78 is 19.2. The van der Waals surface area contributed by atoms with Crippen LogP contribution in [0.1, 0.15) is 27.7 Å². The summed E-state index contributed by atoms with van der Waals surface area (Å²) in [7, 11) is -1.23. The minimum atomic E-state index is -1.39. The van der Waals surface area contributed by atoms with E-state index in [-0.39, 0.29) is 26.0 Å². The zero-order chi connectivity index (χ0) is 30.1. The van der Waals surface area contributed by atoms with Gasteiger partial charge >= 0.3 is 0 Å². The van der Waals surface area contributed by atoms with Gasteiger partial charge in [0.05, 0.1) is 8.07 Å². The van der Waals surface area contributed by atoms with Crippen molar-refractivity contribution in [3.63, 3.8) is 0 Å². The predicted molar refractivity (Wildman–Crippen MR) is 176 cm³/mol. The first kappa shape index (κ1) is 28.2. The molecule has 0 fully saturated rings. The second-order valence-corrected chi connectivity index (χ2v) is 17.4. The Morgan fingerprint density at radius 2 is 1.66 bits per heavy atom. The van der Waals surface area contributed by atoms with E-state index in [9.17, 15) is 0 Å². The minimum absolute atomic E-state index is 0. The summed E-state index contributed by atoms with van der Waals surface area (Å²) in [4.78, 5) is 9.05. The molecule has 0 aliphatic carbocycles. The van der Waals surface area contributed by atoms with Crippen LogP contribution in [0.5, 0.6) is 0 Å². The molecule has 0 N–H and O–H groups in total. The molecule has 6 rings (SSSR count). The van der Waals surface area contributed by atoms with Crippen molar-refractivity contribution in [3.8, 4) is 22.5 Å². The molecule has 0 spiro atoms. The molecular formula is C36H36IrN2SSi-2. The van der Waals surface area contributed by atoms with E-state index in [0.29, 0.717) is 5.56 Å².